The lowest BCUT2D eigenvalue weighted by Crippen LogP contribution is -2.94. The van der Waals surface area contributed by atoms with Crippen LogP contribution in [0, 0.1) is 33.5 Å². The van der Waals surface area contributed by atoms with Crippen molar-refractivity contribution in [2.45, 2.75) is 70.5 Å². The summed E-state index contributed by atoms with van der Waals surface area (Å²) in [5, 5.41) is 0. The van der Waals surface area contributed by atoms with Crippen molar-refractivity contribution in [2.75, 3.05) is 7.11 Å². The summed E-state index contributed by atoms with van der Waals surface area (Å²) in [4.78, 5) is 39.9. The predicted molar refractivity (Wildman–Crippen MR) is 90.0 cm³/mol. The summed E-state index contributed by atoms with van der Waals surface area (Å²) in [6.07, 6.45) is 4.70. The number of Topliss-reactive ketones (excluding diaryl/α,β-unsaturated/α-hetero) is 2. The molecule has 0 amide bonds. The van der Waals surface area contributed by atoms with Gasteiger partial charge in [0.1, 0.15) is 5.41 Å². The summed E-state index contributed by atoms with van der Waals surface area (Å²) in [6, 6.07) is 0. The zero-order valence-electron chi connectivity index (χ0n) is 15.9. The largest absolute Gasteiger partial charge is 0.469 e. The Balaban J connectivity index is 1.59. The molecular formula is C21H26O5. The Bertz CT molecular complexity index is 834. The first kappa shape index (κ1) is 15.8. The molecule has 140 valence electrons. The molecule has 3 spiro atoms. The van der Waals surface area contributed by atoms with E-state index in [9.17, 15) is 14.4 Å². The second-order valence-corrected chi connectivity index (χ2v) is 10.7. The van der Waals surface area contributed by atoms with Crippen LogP contribution in [-0.4, -0.2) is 35.8 Å². The average Bonchev–Trinajstić information content (AvgIpc) is 3.03. The highest BCUT2D eigenvalue weighted by atomic mass is 16.6. The summed E-state index contributed by atoms with van der Waals surface area (Å²) in [5.74, 6) is 0.0594. The Hall–Kier alpha value is -1.23. The maximum absolute atomic E-state index is 13.6. The lowest BCUT2D eigenvalue weighted by molar-refractivity contribution is -0.443. The molecule has 5 heteroatoms. The van der Waals surface area contributed by atoms with E-state index < -0.39 is 39.2 Å². The number of esters is 1. The Morgan fingerprint density at radius 2 is 1.77 bits per heavy atom. The van der Waals surface area contributed by atoms with Gasteiger partial charge in [-0.1, -0.05) is 20.3 Å². The highest BCUT2D eigenvalue weighted by Gasteiger charge is 2.98. The molecule has 8 atom stereocenters. The highest BCUT2D eigenvalue weighted by Crippen LogP contribution is 2.91. The van der Waals surface area contributed by atoms with Crippen LogP contribution in [0.5, 0.6) is 0 Å². The third-order valence-electron chi connectivity index (χ3n) is 10.3. The third kappa shape index (κ3) is 1.02. The lowest BCUT2D eigenvalue weighted by Gasteiger charge is -2.82. The van der Waals surface area contributed by atoms with Crippen LogP contribution in [0.2, 0.25) is 0 Å². The van der Waals surface area contributed by atoms with E-state index in [0.29, 0.717) is 18.3 Å². The van der Waals surface area contributed by atoms with E-state index in [-0.39, 0.29) is 11.2 Å². The van der Waals surface area contributed by atoms with Gasteiger partial charge < -0.3 is 9.47 Å². The average molecular weight is 358 g/mol. The minimum atomic E-state index is -1.33. The fourth-order valence-electron chi connectivity index (χ4n) is 9.13. The second-order valence-electron chi connectivity index (χ2n) is 10.7. The zero-order chi connectivity index (χ0) is 18.5. The van der Waals surface area contributed by atoms with Gasteiger partial charge in [-0.2, -0.15) is 0 Å². The van der Waals surface area contributed by atoms with Crippen molar-refractivity contribution in [3.8, 4) is 0 Å². The van der Waals surface area contributed by atoms with Gasteiger partial charge in [0, 0.05) is 5.41 Å². The minimum absolute atomic E-state index is 0.219. The lowest BCUT2D eigenvalue weighted by atomic mass is 9.30. The topological polar surface area (TPSA) is 69.7 Å². The van der Waals surface area contributed by atoms with Gasteiger partial charge in [0.15, 0.2) is 5.60 Å². The monoisotopic (exact) mass is 358 g/mol. The molecule has 8 fully saturated rings. The summed E-state index contributed by atoms with van der Waals surface area (Å²) in [5.41, 5.74) is -3.86. The zero-order valence-corrected chi connectivity index (χ0v) is 15.9. The van der Waals surface area contributed by atoms with E-state index in [2.05, 4.69) is 13.8 Å². The van der Waals surface area contributed by atoms with Gasteiger partial charge in [0.05, 0.1) is 18.1 Å². The summed E-state index contributed by atoms with van der Waals surface area (Å²) in [7, 11) is 1.36. The van der Waals surface area contributed by atoms with Gasteiger partial charge in [0.2, 0.25) is 11.6 Å². The fourth-order valence-corrected chi connectivity index (χ4v) is 9.13. The molecular weight excluding hydrogens is 332 g/mol. The number of methoxy groups -OCH3 is 1. The Labute approximate surface area is 153 Å². The molecule has 0 aromatic carbocycles. The van der Waals surface area contributed by atoms with Gasteiger partial charge in [-0.3, -0.25) is 14.4 Å². The fraction of sp³-hybridized carbons (Fsp3) is 0.857. The molecule has 2 heterocycles. The van der Waals surface area contributed by atoms with Crippen molar-refractivity contribution < 1.29 is 23.9 Å². The van der Waals surface area contributed by atoms with Crippen LogP contribution >= 0.6 is 0 Å². The Morgan fingerprint density at radius 3 is 2.38 bits per heavy atom. The standard InChI is InChI=1S/C21H26O5/c1-16-10-19-8-11(16)12(16)9-20(19)18(3)7-5-6-17(2,15(24)25-4)21(18,26-20)14(23)13(19)22/h11-12H,5-10H2,1-4H3/t11?,12-,16+,17+,18+,19+,20-,21+/m1/s1. The first-order valence-corrected chi connectivity index (χ1v) is 9.98. The molecule has 6 aliphatic carbocycles. The maximum Gasteiger partial charge on any atom is 0.314 e. The van der Waals surface area contributed by atoms with Crippen molar-refractivity contribution in [3.63, 3.8) is 0 Å². The summed E-state index contributed by atoms with van der Waals surface area (Å²) < 4.78 is 11.8. The summed E-state index contributed by atoms with van der Waals surface area (Å²) >= 11 is 0. The molecule has 2 saturated heterocycles. The quantitative estimate of drug-likeness (QED) is 0.532. The molecule has 0 radical (unpaired) electrons. The normalized spacial score (nSPS) is 63.5. The Morgan fingerprint density at radius 1 is 1.08 bits per heavy atom. The van der Waals surface area contributed by atoms with Gasteiger partial charge >= 0.3 is 5.97 Å². The minimum Gasteiger partial charge on any atom is -0.469 e. The molecule has 6 saturated carbocycles. The van der Waals surface area contributed by atoms with Crippen molar-refractivity contribution in [1.82, 2.24) is 0 Å². The van der Waals surface area contributed by atoms with Crippen LogP contribution in [0.25, 0.3) is 0 Å². The smallest absolute Gasteiger partial charge is 0.314 e. The first-order chi connectivity index (χ1) is 12.1. The first-order valence-electron chi connectivity index (χ1n) is 9.98. The van der Waals surface area contributed by atoms with Crippen LogP contribution in [0.15, 0.2) is 0 Å². The molecule has 0 aromatic heterocycles. The third-order valence-corrected chi connectivity index (χ3v) is 10.3. The SMILES string of the molecule is COC(=O)[C@]1(C)CCC[C@@]2(C)[C@]34C[C@@H]5C6C[C@]3(C[C@@]65C)C(=O)C(=O)[C@@]21O4. The molecule has 6 bridgehead atoms. The Kier molecular flexibility index (Phi) is 2.24. The van der Waals surface area contributed by atoms with E-state index in [4.69, 9.17) is 9.47 Å². The second kappa shape index (κ2) is 3.69. The van der Waals surface area contributed by atoms with Crippen LogP contribution in [0.4, 0.5) is 0 Å². The van der Waals surface area contributed by atoms with Crippen molar-refractivity contribution in [1.29, 1.82) is 0 Å². The molecule has 8 rings (SSSR count). The van der Waals surface area contributed by atoms with Crippen LogP contribution < -0.4 is 0 Å². The van der Waals surface area contributed by atoms with Gasteiger partial charge in [-0.05, 0) is 56.3 Å². The molecule has 8 aliphatic rings. The van der Waals surface area contributed by atoms with E-state index in [1.54, 1.807) is 6.92 Å². The van der Waals surface area contributed by atoms with Crippen LogP contribution in [0.3, 0.4) is 0 Å². The van der Waals surface area contributed by atoms with E-state index in [0.717, 1.165) is 32.1 Å². The number of ketones is 2. The molecule has 0 aromatic rings. The van der Waals surface area contributed by atoms with Gasteiger partial charge in [-0.15, -0.1) is 0 Å². The number of hydrogen-bond donors (Lipinski definition) is 0. The van der Waals surface area contributed by atoms with E-state index >= 15 is 0 Å². The number of fused-ring (bicyclic) bond motifs is 1. The number of carbonyl (C=O) groups is 3. The van der Waals surface area contributed by atoms with Crippen LogP contribution in [0.1, 0.15) is 59.3 Å². The van der Waals surface area contributed by atoms with Crippen molar-refractivity contribution >= 4 is 17.5 Å². The number of rotatable bonds is 1. The molecule has 2 aliphatic heterocycles. The van der Waals surface area contributed by atoms with Crippen molar-refractivity contribution in [3.05, 3.63) is 0 Å². The predicted octanol–water partition coefficient (Wildman–Crippen LogP) is 2.45. The molecule has 0 N–H and O–H groups in total. The molecule has 1 unspecified atom stereocenters. The molecule has 26 heavy (non-hydrogen) atoms. The van der Waals surface area contributed by atoms with Crippen LogP contribution in [-0.2, 0) is 23.9 Å². The number of carbonyl (C=O) groups excluding carboxylic acids is 3. The van der Waals surface area contributed by atoms with E-state index in [1.165, 1.54) is 7.11 Å². The van der Waals surface area contributed by atoms with E-state index in [1.807, 2.05) is 0 Å². The maximum atomic E-state index is 13.6. The van der Waals surface area contributed by atoms with Gasteiger partial charge in [-0.25, -0.2) is 0 Å². The van der Waals surface area contributed by atoms with Crippen molar-refractivity contribution in [2.24, 2.45) is 33.5 Å². The number of hydrogen-bond acceptors (Lipinski definition) is 5. The van der Waals surface area contributed by atoms with Gasteiger partial charge in [0.25, 0.3) is 0 Å². The summed E-state index contributed by atoms with van der Waals surface area (Å²) in [6.45, 7) is 6.19. The molecule has 5 nitrogen and oxygen atoms in total. The number of ether oxygens (including phenoxy) is 2. The highest BCUT2D eigenvalue weighted by molar-refractivity contribution is 6.45.